The van der Waals surface area contributed by atoms with Crippen LogP contribution in [-0.2, 0) is 0 Å². The number of carbonyl (C=O) groups is 1. The number of aromatic nitrogens is 3. The number of nitrogens with zero attached hydrogens (tertiary/aromatic N) is 3. The lowest BCUT2D eigenvalue weighted by Crippen LogP contribution is -2.09. The Kier molecular flexibility index (Phi) is 2.76. The Morgan fingerprint density at radius 3 is 2.95 bits per heavy atom. The quantitative estimate of drug-likeness (QED) is 0.748. The molecular formula is C11H7BrN4O2S. The van der Waals surface area contributed by atoms with Crippen molar-refractivity contribution in [2.75, 3.05) is 5.73 Å². The Bertz CT molecular complexity index is 782. The highest BCUT2D eigenvalue weighted by Gasteiger charge is 2.19. The second kappa shape index (κ2) is 4.32. The van der Waals surface area contributed by atoms with E-state index in [-0.39, 0.29) is 11.4 Å². The molecule has 3 heterocycles. The van der Waals surface area contributed by atoms with Gasteiger partial charge >= 0.3 is 5.97 Å². The van der Waals surface area contributed by atoms with Crippen molar-refractivity contribution in [2.45, 2.75) is 0 Å². The Morgan fingerprint density at radius 2 is 2.32 bits per heavy atom. The molecule has 96 valence electrons. The van der Waals surface area contributed by atoms with Gasteiger partial charge in [0.15, 0.2) is 5.65 Å². The van der Waals surface area contributed by atoms with E-state index in [2.05, 4.69) is 26.0 Å². The topological polar surface area (TPSA) is 93.5 Å². The average molecular weight is 339 g/mol. The predicted octanol–water partition coefficient (Wildman–Crippen LogP) is 2.50. The third kappa shape index (κ3) is 1.80. The minimum absolute atomic E-state index is 0.0565. The minimum atomic E-state index is -1.13. The van der Waals surface area contributed by atoms with Crippen LogP contribution in [0.2, 0.25) is 0 Å². The van der Waals surface area contributed by atoms with E-state index in [0.717, 1.165) is 4.88 Å². The summed E-state index contributed by atoms with van der Waals surface area (Å²) in [7, 11) is 0. The van der Waals surface area contributed by atoms with Crippen molar-refractivity contribution in [3.8, 4) is 10.6 Å². The Morgan fingerprint density at radius 1 is 1.53 bits per heavy atom. The van der Waals surface area contributed by atoms with Crippen LogP contribution in [0, 0.1) is 0 Å². The molecule has 0 aliphatic heterocycles. The molecule has 0 fully saturated rings. The van der Waals surface area contributed by atoms with Crippen molar-refractivity contribution in [3.63, 3.8) is 0 Å². The number of carboxylic acids is 1. The average Bonchev–Trinajstić information content (AvgIpc) is 2.98. The molecule has 3 rings (SSSR count). The van der Waals surface area contributed by atoms with Crippen molar-refractivity contribution >= 4 is 44.7 Å². The summed E-state index contributed by atoms with van der Waals surface area (Å²) < 4.78 is 2.03. The SMILES string of the molecule is Nc1c(C(=O)O)cnc2c(Br)c(-c3cccs3)nn12. The van der Waals surface area contributed by atoms with E-state index >= 15 is 0 Å². The normalized spacial score (nSPS) is 11.0. The van der Waals surface area contributed by atoms with Crippen LogP contribution in [0.3, 0.4) is 0 Å². The van der Waals surface area contributed by atoms with Crippen molar-refractivity contribution in [1.82, 2.24) is 14.6 Å². The number of fused-ring (bicyclic) bond motifs is 1. The zero-order chi connectivity index (χ0) is 13.6. The zero-order valence-electron chi connectivity index (χ0n) is 9.37. The molecule has 8 heteroatoms. The van der Waals surface area contributed by atoms with E-state index in [9.17, 15) is 4.79 Å². The third-order valence-electron chi connectivity index (χ3n) is 2.61. The number of nitrogens with two attached hydrogens (primary N) is 1. The predicted molar refractivity (Wildman–Crippen MR) is 75.4 cm³/mol. The van der Waals surface area contributed by atoms with E-state index in [1.54, 1.807) is 0 Å². The van der Waals surface area contributed by atoms with Gasteiger partial charge in [-0.25, -0.2) is 9.78 Å². The molecule has 6 nitrogen and oxygen atoms in total. The fraction of sp³-hybridized carbons (Fsp3) is 0. The molecule has 0 saturated carbocycles. The number of hydrogen-bond donors (Lipinski definition) is 2. The van der Waals surface area contributed by atoms with E-state index in [1.165, 1.54) is 22.0 Å². The molecule has 0 radical (unpaired) electrons. The van der Waals surface area contributed by atoms with Crippen LogP contribution in [0.5, 0.6) is 0 Å². The molecule has 0 aromatic carbocycles. The van der Waals surface area contributed by atoms with Crippen LogP contribution >= 0.6 is 27.3 Å². The monoisotopic (exact) mass is 338 g/mol. The molecule has 0 amide bonds. The molecule has 0 spiro atoms. The molecular weight excluding hydrogens is 332 g/mol. The number of nitrogen functional groups attached to an aromatic ring is 1. The maximum absolute atomic E-state index is 11.0. The van der Waals surface area contributed by atoms with Gasteiger partial charge in [-0.1, -0.05) is 6.07 Å². The van der Waals surface area contributed by atoms with Crippen LogP contribution in [0.15, 0.2) is 28.2 Å². The molecule has 19 heavy (non-hydrogen) atoms. The molecule has 3 aromatic heterocycles. The number of thiophene rings is 1. The zero-order valence-corrected chi connectivity index (χ0v) is 11.8. The van der Waals surface area contributed by atoms with Crippen molar-refractivity contribution in [2.24, 2.45) is 0 Å². The van der Waals surface area contributed by atoms with Gasteiger partial charge in [0.2, 0.25) is 0 Å². The number of rotatable bonds is 2. The Labute approximate surface area is 119 Å². The molecule has 0 saturated heterocycles. The maximum Gasteiger partial charge on any atom is 0.341 e. The lowest BCUT2D eigenvalue weighted by Gasteiger charge is -2.01. The first-order valence-corrected chi connectivity index (χ1v) is 6.86. The second-order valence-corrected chi connectivity index (χ2v) is 5.48. The highest BCUT2D eigenvalue weighted by molar-refractivity contribution is 9.10. The van der Waals surface area contributed by atoms with E-state index in [4.69, 9.17) is 10.8 Å². The van der Waals surface area contributed by atoms with E-state index in [0.29, 0.717) is 15.8 Å². The molecule has 3 aromatic rings. The standard InChI is InChI=1S/C11H7BrN4O2S/c12-7-8(6-2-1-3-19-6)15-16-9(13)5(11(17)18)4-14-10(7)16/h1-4H,13H2,(H,17,18). The van der Waals surface area contributed by atoms with E-state index < -0.39 is 5.97 Å². The molecule has 0 bridgehead atoms. The van der Waals surface area contributed by atoms with Crippen LogP contribution in [0.4, 0.5) is 5.82 Å². The summed E-state index contributed by atoms with van der Waals surface area (Å²) in [5, 5.41) is 15.3. The first-order chi connectivity index (χ1) is 9.09. The summed E-state index contributed by atoms with van der Waals surface area (Å²) in [5.41, 5.74) is 6.93. The molecule has 0 aliphatic carbocycles. The highest BCUT2D eigenvalue weighted by atomic mass is 79.9. The fourth-order valence-corrected chi connectivity index (χ4v) is 3.12. The van der Waals surface area contributed by atoms with Crippen LogP contribution < -0.4 is 5.73 Å². The molecule has 0 unspecified atom stereocenters. The molecule has 3 N–H and O–H groups in total. The number of aromatic carboxylic acids is 1. The van der Waals surface area contributed by atoms with Gasteiger partial charge in [-0.3, -0.25) is 0 Å². The fourth-order valence-electron chi connectivity index (χ4n) is 1.71. The smallest absolute Gasteiger partial charge is 0.341 e. The summed E-state index contributed by atoms with van der Waals surface area (Å²) >= 11 is 4.96. The first kappa shape index (κ1) is 12.1. The third-order valence-corrected chi connectivity index (χ3v) is 4.22. The summed E-state index contributed by atoms with van der Waals surface area (Å²) in [5.74, 6) is -1.07. The van der Waals surface area contributed by atoms with Gasteiger partial charge in [-0.05, 0) is 27.4 Å². The van der Waals surface area contributed by atoms with Gasteiger partial charge in [0.25, 0.3) is 0 Å². The van der Waals surface area contributed by atoms with Gasteiger partial charge in [0.1, 0.15) is 17.1 Å². The summed E-state index contributed by atoms with van der Waals surface area (Å²) in [6.07, 6.45) is 1.23. The summed E-state index contributed by atoms with van der Waals surface area (Å²) in [6.45, 7) is 0. The summed E-state index contributed by atoms with van der Waals surface area (Å²) in [6, 6.07) is 3.83. The highest BCUT2D eigenvalue weighted by Crippen LogP contribution is 2.33. The van der Waals surface area contributed by atoms with Crippen molar-refractivity contribution in [3.05, 3.63) is 33.7 Å². The summed E-state index contributed by atoms with van der Waals surface area (Å²) in [4.78, 5) is 16.1. The first-order valence-electron chi connectivity index (χ1n) is 5.19. The van der Waals surface area contributed by atoms with Crippen LogP contribution in [-0.4, -0.2) is 25.7 Å². The van der Waals surface area contributed by atoms with Gasteiger partial charge in [0, 0.05) is 6.20 Å². The second-order valence-electron chi connectivity index (χ2n) is 3.74. The van der Waals surface area contributed by atoms with Crippen LogP contribution in [0.25, 0.3) is 16.2 Å². The van der Waals surface area contributed by atoms with Gasteiger partial charge in [-0.2, -0.15) is 9.61 Å². The largest absolute Gasteiger partial charge is 0.477 e. The number of anilines is 1. The lowest BCUT2D eigenvalue weighted by molar-refractivity contribution is 0.0697. The molecule has 0 atom stereocenters. The minimum Gasteiger partial charge on any atom is -0.477 e. The maximum atomic E-state index is 11.0. The number of halogens is 1. The lowest BCUT2D eigenvalue weighted by atomic mass is 10.3. The Hall–Kier alpha value is -1.93. The number of hydrogen-bond acceptors (Lipinski definition) is 5. The van der Waals surface area contributed by atoms with Crippen LogP contribution in [0.1, 0.15) is 10.4 Å². The van der Waals surface area contributed by atoms with Crippen molar-refractivity contribution < 1.29 is 9.90 Å². The van der Waals surface area contributed by atoms with E-state index in [1.807, 2.05) is 17.5 Å². The van der Waals surface area contributed by atoms with Gasteiger partial charge in [0.05, 0.1) is 9.35 Å². The van der Waals surface area contributed by atoms with Gasteiger partial charge in [-0.15, -0.1) is 11.3 Å². The van der Waals surface area contributed by atoms with Crippen molar-refractivity contribution in [1.29, 1.82) is 0 Å². The van der Waals surface area contributed by atoms with Gasteiger partial charge < -0.3 is 10.8 Å². The Balaban J connectivity index is 2.32. The number of carboxylic acid groups (broad SMARTS) is 1. The molecule has 0 aliphatic rings.